The van der Waals surface area contributed by atoms with Crippen molar-refractivity contribution < 1.29 is 9.21 Å². The Morgan fingerprint density at radius 3 is 2.39 bits per heavy atom. The first-order valence-corrected chi connectivity index (χ1v) is 11.5. The van der Waals surface area contributed by atoms with Gasteiger partial charge in [0, 0.05) is 17.3 Å². The van der Waals surface area contributed by atoms with Gasteiger partial charge in [-0.05, 0) is 41.3 Å². The predicted octanol–water partition coefficient (Wildman–Crippen LogP) is 5.88. The van der Waals surface area contributed by atoms with Crippen LogP contribution in [0.25, 0.3) is 42.7 Å². The molecule has 0 atom stereocenters. The Balaban J connectivity index is 1.57. The summed E-state index contributed by atoms with van der Waals surface area (Å²) >= 11 is 1.46. The molecule has 0 N–H and O–H groups in total. The smallest absolute Gasteiger partial charge is 0.349 e. The van der Waals surface area contributed by atoms with Crippen LogP contribution in [0.4, 0.5) is 0 Å². The molecule has 0 fully saturated rings. The first-order valence-electron chi connectivity index (χ1n) is 10.7. The summed E-state index contributed by atoms with van der Waals surface area (Å²) in [5.41, 5.74) is 0.724. The van der Waals surface area contributed by atoms with Crippen LogP contribution in [-0.4, -0.2) is 10.5 Å². The molecule has 0 aliphatic carbocycles. The number of rotatable bonds is 2. The van der Waals surface area contributed by atoms with Gasteiger partial charge < -0.3 is 8.98 Å². The molecule has 160 valence electrons. The number of fused-ring (bicyclic) bond motifs is 6. The standard InChI is InChI=1S/C27H18N2O3S/c1-2-29-22-13-11-17-8-4-6-10-19(17)24(22)33-27(29)28-25(30)21-15-20-18-9-5-3-7-16(18)12-14-23(20)32-26(21)31/h3-15H,2H2,1H3. The Labute approximate surface area is 191 Å². The SMILES string of the molecule is CCn1c(=NC(=O)c2cc3c(ccc4ccccc43)oc2=O)sc2c3ccccc3ccc21. The molecule has 0 saturated heterocycles. The van der Waals surface area contributed by atoms with Crippen molar-refractivity contribution in [2.75, 3.05) is 0 Å². The van der Waals surface area contributed by atoms with Gasteiger partial charge in [0.1, 0.15) is 11.1 Å². The van der Waals surface area contributed by atoms with E-state index in [0.717, 1.165) is 37.1 Å². The maximum atomic E-state index is 13.2. The molecule has 33 heavy (non-hydrogen) atoms. The van der Waals surface area contributed by atoms with E-state index in [1.54, 1.807) is 12.1 Å². The monoisotopic (exact) mass is 450 g/mol. The number of aryl methyl sites for hydroxylation is 1. The molecule has 6 heteroatoms. The number of carbonyl (C=O) groups is 1. The zero-order valence-electron chi connectivity index (χ0n) is 17.7. The fourth-order valence-corrected chi connectivity index (χ4v) is 5.58. The lowest BCUT2D eigenvalue weighted by Gasteiger charge is -2.04. The number of thiazole rings is 1. The molecule has 0 radical (unpaired) electrons. The summed E-state index contributed by atoms with van der Waals surface area (Å²) in [6, 6.07) is 25.3. The van der Waals surface area contributed by atoms with Gasteiger partial charge in [-0.15, -0.1) is 0 Å². The Bertz CT molecular complexity index is 1860. The predicted molar refractivity (Wildman–Crippen MR) is 133 cm³/mol. The van der Waals surface area contributed by atoms with Gasteiger partial charge >= 0.3 is 5.63 Å². The minimum atomic E-state index is -0.679. The van der Waals surface area contributed by atoms with Crippen molar-refractivity contribution in [3.63, 3.8) is 0 Å². The van der Waals surface area contributed by atoms with E-state index in [1.807, 2.05) is 54.0 Å². The van der Waals surface area contributed by atoms with E-state index in [2.05, 4.69) is 29.3 Å². The van der Waals surface area contributed by atoms with Crippen molar-refractivity contribution in [2.45, 2.75) is 13.5 Å². The number of aromatic nitrogens is 1. The molecule has 2 aromatic heterocycles. The van der Waals surface area contributed by atoms with Gasteiger partial charge in [0.05, 0.1) is 10.2 Å². The molecular weight excluding hydrogens is 432 g/mol. The van der Waals surface area contributed by atoms with Crippen LogP contribution in [0.3, 0.4) is 0 Å². The van der Waals surface area contributed by atoms with E-state index in [9.17, 15) is 9.59 Å². The van der Waals surface area contributed by atoms with Gasteiger partial charge in [0.2, 0.25) is 0 Å². The molecule has 1 amide bonds. The number of hydrogen-bond donors (Lipinski definition) is 0. The van der Waals surface area contributed by atoms with E-state index in [-0.39, 0.29) is 5.56 Å². The lowest BCUT2D eigenvalue weighted by molar-refractivity contribution is 0.0994. The maximum Gasteiger partial charge on any atom is 0.349 e. The van der Waals surface area contributed by atoms with E-state index in [4.69, 9.17) is 4.42 Å². The fourth-order valence-electron chi connectivity index (χ4n) is 4.36. The number of carbonyl (C=O) groups excluding carboxylic acids is 1. The van der Waals surface area contributed by atoms with Crippen LogP contribution >= 0.6 is 11.3 Å². The second-order valence-corrected chi connectivity index (χ2v) is 8.80. The van der Waals surface area contributed by atoms with Gasteiger partial charge in [-0.1, -0.05) is 72.0 Å². The van der Waals surface area contributed by atoms with Crippen molar-refractivity contribution >= 4 is 60.0 Å². The third-order valence-electron chi connectivity index (χ3n) is 5.96. The zero-order valence-corrected chi connectivity index (χ0v) is 18.6. The van der Waals surface area contributed by atoms with E-state index in [1.165, 1.54) is 11.3 Å². The highest BCUT2D eigenvalue weighted by atomic mass is 32.1. The number of hydrogen-bond acceptors (Lipinski definition) is 4. The molecule has 6 rings (SSSR count). The highest BCUT2D eigenvalue weighted by molar-refractivity contribution is 7.17. The summed E-state index contributed by atoms with van der Waals surface area (Å²) in [5.74, 6) is -0.600. The minimum Gasteiger partial charge on any atom is -0.422 e. The number of benzene rings is 4. The van der Waals surface area contributed by atoms with Crippen molar-refractivity contribution in [1.29, 1.82) is 0 Å². The van der Waals surface area contributed by atoms with Gasteiger partial charge in [0.15, 0.2) is 4.80 Å². The van der Waals surface area contributed by atoms with Gasteiger partial charge in [-0.25, -0.2) is 4.79 Å². The van der Waals surface area contributed by atoms with E-state index < -0.39 is 11.5 Å². The Kier molecular flexibility index (Phi) is 4.48. The van der Waals surface area contributed by atoms with Crippen molar-refractivity contribution in [3.05, 3.63) is 99.6 Å². The Morgan fingerprint density at radius 2 is 1.61 bits per heavy atom. The maximum absolute atomic E-state index is 13.2. The third kappa shape index (κ3) is 3.10. The van der Waals surface area contributed by atoms with E-state index >= 15 is 0 Å². The molecule has 2 heterocycles. The summed E-state index contributed by atoms with van der Waals surface area (Å²) in [5, 5.41) is 4.90. The summed E-state index contributed by atoms with van der Waals surface area (Å²) in [4.78, 5) is 30.8. The zero-order chi connectivity index (χ0) is 22.5. The Hall–Kier alpha value is -4.03. The molecule has 5 nitrogen and oxygen atoms in total. The molecule has 6 aromatic rings. The average Bonchev–Trinajstić information content (AvgIpc) is 3.20. The van der Waals surface area contributed by atoms with Crippen LogP contribution in [0.15, 0.2) is 93.1 Å². The quantitative estimate of drug-likeness (QED) is 0.245. The second-order valence-electron chi connectivity index (χ2n) is 7.83. The molecule has 0 spiro atoms. The van der Waals surface area contributed by atoms with E-state index in [0.29, 0.717) is 16.9 Å². The van der Waals surface area contributed by atoms with Gasteiger partial charge in [-0.3, -0.25) is 4.79 Å². The van der Waals surface area contributed by atoms with Crippen molar-refractivity contribution in [3.8, 4) is 0 Å². The van der Waals surface area contributed by atoms with Gasteiger partial charge in [0.25, 0.3) is 5.91 Å². The highest BCUT2D eigenvalue weighted by Gasteiger charge is 2.16. The summed E-state index contributed by atoms with van der Waals surface area (Å²) < 4.78 is 8.56. The number of amides is 1. The second kappa shape index (κ2) is 7.53. The molecule has 0 aliphatic heterocycles. The first kappa shape index (κ1) is 19.6. The molecule has 0 unspecified atom stereocenters. The lowest BCUT2D eigenvalue weighted by Crippen LogP contribution is -2.19. The lowest BCUT2D eigenvalue weighted by atomic mass is 10.0. The van der Waals surface area contributed by atoms with Crippen LogP contribution in [0.2, 0.25) is 0 Å². The molecule has 0 saturated carbocycles. The summed E-state index contributed by atoms with van der Waals surface area (Å²) in [7, 11) is 0. The van der Waals surface area contributed by atoms with Crippen LogP contribution in [-0.2, 0) is 6.54 Å². The summed E-state index contributed by atoms with van der Waals surface area (Å²) in [6.45, 7) is 2.67. The fraction of sp³-hybridized carbons (Fsp3) is 0.0741. The highest BCUT2D eigenvalue weighted by Crippen LogP contribution is 2.28. The average molecular weight is 451 g/mol. The van der Waals surface area contributed by atoms with Crippen molar-refractivity contribution in [2.24, 2.45) is 4.99 Å². The largest absolute Gasteiger partial charge is 0.422 e. The third-order valence-corrected chi connectivity index (χ3v) is 7.09. The number of nitrogens with zero attached hydrogens (tertiary/aromatic N) is 2. The molecule has 0 aliphatic rings. The Morgan fingerprint density at radius 1 is 0.909 bits per heavy atom. The summed E-state index contributed by atoms with van der Waals surface area (Å²) in [6.07, 6.45) is 0. The topological polar surface area (TPSA) is 64.6 Å². The van der Waals surface area contributed by atoms with Gasteiger partial charge in [-0.2, -0.15) is 4.99 Å². The normalized spacial score (nSPS) is 12.3. The minimum absolute atomic E-state index is 0.0659. The van der Waals surface area contributed by atoms with Crippen molar-refractivity contribution in [1.82, 2.24) is 4.57 Å². The molecular formula is C27H18N2O3S. The van der Waals surface area contributed by atoms with Crippen LogP contribution in [0.1, 0.15) is 17.3 Å². The first-order chi connectivity index (χ1) is 16.1. The molecule has 0 bridgehead atoms. The molecule has 4 aromatic carbocycles. The van der Waals surface area contributed by atoms with Crippen LogP contribution < -0.4 is 10.4 Å². The van der Waals surface area contributed by atoms with Crippen LogP contribution in [0.5, 0.6) is 0 Å². The van der Waals surface area contributed by atoms with Crippen LogP contribution in [0, 0.1) is 0 Å².